The Kier molecular flexibility index (Phi) is 2.70. The number of carbonyl (C=O) groups is 1. The third-order valence-electron chi connectivity index (χ3n) is 2.16. The summed E-state index contributed by atoms with van der Waals surface area (Å²) in [6.45, 7) is 3.66. The van der Waals surface area contributed by atoms with Gasteiger partial charge in [-0.3, -0.25) is 4.98 Å². The molecular weight excluding hydrogens is 224 g/mol. The summed E-state index contributed by atoms with van der Waals surface area (Å²) in [6, 6.07) is 3.78. The second-order valence-corrected chi connectivity index (χ2v) is 4.62. The van der Waals surface area contributed by atoms with Crippen LogP contribution < -0.4 is 0 Å². The van der Waals surface area contributed by atoms with Crippen molar-refractivity contribution in [3.05, 3.63) is 34.6 Å². The number of thiazole rings is 1. The predicted octanol–water partition coefficient (Wildman–Crippen LogP) is 2.52. The SMILES string of the molecule is Cc1ccc(-c2nc(C(=O)O)c(C)s2)cn1. The summed E-state index contributed by atoms with van der Waals surface area (Å²) in [5, 5.41) is 9.60. The van der Waals surface area contributed by atoms with Crippen LogP contribution in [-0.2, 0) is 0 Å². The summed E-state index contributed by atoms with van der Waals surface area (Å²) >= 11 is 1.37. The first kappa shape index (κ1) is 10.8. The van der Waals surface area contributed by atoms with Gasteiger partial charge in [-0.05, 0) is 26.0 Å². The highest BCUT2D eigenvalue weighted by Crippen LogP contribution is 2.27. The van der Waals surface area contributed by atoms with Crippen molar-refractivity contribution in [2.75, 3.05) is 0 Å². The lowest BCUT2D eigenvalue weighted by molar-refractivity contribution is 0.0690. The fourth-order valence-corrected chi connectivity index (χ4v) is 2.21. The van der Waals surface area contributed by atoms with E-state index >= 15 is 0 Å². The van der Waals surface area contributed by atoms with Gasteiger partial charge in [-0.15, -0.1) is 11.3 Å². The highest BCUT2D eigenvalue weighted by Gasteiger charge is 2.14. The van der Waals surface area contributed by atoms with Crippen LogP contribution in [0.1, 0.15) is 21.1 Å². The van der Waals surface area contributed by atoms with Gasteiger partial charge in [-0.1, -0.05) is 0 Å². The highest BCUT2D eigenvalue weighted by atomic mass is 32.1. The number of nitrogens with zero attached hydrogens (tertiary/aromatic N) is 2. The van der Waals surface area contributed by atoms with E-state index in [9.17, 15) is 4.79 Å². The van der Waals surface area contributed by atoms with E-state index in [0.717, 1.165) is 11.3 Å². The standard InChI is InChI=1S/C11H10N2O2S/c1-6-3-4-8(5-12-6)10-13-9(11(14)15)7(2)16-10/h3-5H,1-2H3,(H,14,15). The topological polar surface area (TPSA) is 63.1 Å². The molecular formula is C11H10N2O2S. The molecule has 16 heavy (non-hydrogen) atoms. The van der Waals surface area contributed by atoms with E-state index in [0.29, 0.717) is 9.88 Å². The molecule has 0 aliphatic rings. The zero-order valence-corrected chi connectivity index (χ0v) is 9.71. The van der Waals surface area contributed by atoms with Crippen molar-refractivity contribution in [2.45, 2.75) is 13.8 Å². The zero-order valence-electron chi connectivity index (χ0n) is 8.89. The molecule has 0 unspecified atom stereocenters. The normalized spacial score (nSPS) is 10.4. The number of aromatic nitrogens is 2. The summed E-state index contributed by atoms with van der Waals surface area (Å²) in [5.74, 6) is -0.986. The van der Waals surface area contributed by atoms with E-state index in [1.165, 1.54) is 11.3 Å². The summed E-state index contributed by atoms with van der Waals surface area (Å²) in [7, 11) is 0. The van der Waals surface area contributed by atoms with Gasteiger partial charge < -0.3 is 5.11 Å². The highest BCUT2D eigenvalue weighted by molar-refractivity contribution is 7.15. The Labute approximate surface area is 96.6 Å². The molecule has 82 valence electrons. The van der Waals surface area contributed by atoms with Crippen molar-refractivity contribution in [1.29, 1.82) is 0 Å². The number of aromatic carboxylic acids is 1. The Morgan fingerprint density at radius 2 is 2.12 bits per heavy atom. The summed E-state index contributed by atoms with van der Waals surface area (Å²) < 4.78 is 0. The lowest BCUT2D eigenvalue weighted by Gasteiger charge is -1.95. The van der Waals surface area contributed by atoms with Gasteiger partial charge in [-0.25, -0.2) is 9.78 Å². The molecule has 0 amide bonds. The number of aryl methyl sites for hydroxylation is 2. The van der Waals surface area contributed by atoms with Gasteiger partial charge in [0, 0.05) is 22.3 Å². The summed E-state index contributed by atoms with van der Waals surface area (Å²) in [5.41, 5.74) is 1.90. The fraction of sp³-hybridized carbons (Fsp3) is 0.182. The third kappa shape index (κ3) is 1.94. The Morgan fingerprint density at radius 3 is 2.62 bits per heavy atom. The van der Waals surface area contributed by atoms with Crippen LogP contribution in [0.3, 0.4) is 0 Å². The molecule has 0 atom stereocenters. The van der Waals surface area contributed by atoms with Crippen LogP contribution in [0.25, 0.3) is 10.6 Å². The van der Waals surface area contributed by atoms with Crippen LogP contribution in [0.2, 0.25) is 0 Å². The van der Waals surface area contributed by atoms with E-state index in [4.69, 9.17) is 5.11 Å². The number of hydrogen-bond donors (Lipinski definition) is 1. The molecule has 0 spiro atoms. The third-order valence-corrected chi connectivity index (χ3v) is 3.18. The molecule has 0 radical (unpaired) electrons. The molecule has 5 heteroatoms. The quantitative estimate of drug-likeness (QED) is 0.867. The molecule has 0 aliphatic carbocycles. The first-order chi connectivity index (χ1) is 7.58. The van der Waals surface area contributed by atoms with Gasteiger partial charge in [0.1, 0.15) is 5.01 Å². The number of rotatable bonds is 2. The maximum Gasteiger partial charge on any atom is 0.355 e. The monoisotopic (exact) mass is 234 g/mol. The van der Waals surface area contributed by atoms with E-state index in [1.807, 2.05) is 19.1 Å². The number of carboxylic acid groups (broad SMARTS) is 1. The van der Waals surface area contributed by atoms with Gasteiger partial charge >= 0.3 is 5.97 Å². The molecule has 0 aliphatic heterocycles. The molecule has 2 heterocycles. The summed E-state index contributed by atoms with van der Waals surface area (Å²) in [4.78, 5) is 19.8. The number of pyridine rings is 1. The Bertz CT molecular complexity index is 531. The van der Waals surface area contributed by atoms with Crippen molar-refractivity contribution >= 4 is 17.3 Å². The van der Waals surface area contributed by atoms with Crippen molar-refractivity contribution in [3.8, 4) is 10.6 Å². The van der Waals surface area contributed by atoms with Gasteiger partial charge in [-0.2, -0.15) is 0 Å². The van der Waals surface area contributed by atoms with Crippen LogP contribution in [0, 0.1) is 13.8 Å². The second-order valence-electron chi connectivity index (χ2n) is 3.42. The van der Waals surface area contributed by atoms with Crippen molar-refractivity contribution in [1.82, 2.24) is 9.97 Å². The molecule has 4 nitrogen and oxygen atoms in total. The molecule has 0 saturated heterocycles. The minimum Gasteiger partial charge on any atom is -0.476 e. The minimum absolute atomic E-state index is 0.126. The first-order valence-corrected chi connectivity index (χ1v) is 5.53. The molecule has 0 saturated carbocycles. The smallest absolute Gasteiger partial charge is 0.355 e. The van der Waals surface area contributed by atoms with E-state index in [1.54, 1.807) is 13.1 Å². The molecule has 1 N–H and O–H groups in total. The van der Waals surface area contributed by atoms with E-state index in [2.05, 4.69) is 9.97 Å². The molecule has 2 rings (SSSR count). The minimum atomic E-state index is -0.986. The van der Waals surface area contributed by atoms with Crippen molar-refractivity contribution < 1.29 is 9.90 Å². The molecule has 2 aromatic rings. The fourth-order valence-electron chi connectivity index (χ4n) is 1.31. The van der Waals surface area contributed by atoms with Crippen molar-refractivity contribution in [3.63, 3.8) is 0 Å². The molecule has 0 bridgehead atoms. The van der Waals surface area contributed by atoms with E-state index in [-0.39, 0.29) is 5.69 Å². The zero-order chi connectivity index (χ0) is 11.7. The van der Waals surface area contributed by atoms with Gasteiger partial charge in [0.15, 0.2) is 5.69 Å². The second kappa shape index (κ2) is 4.02. The van der Waals surface area contributed by atoms with Crippen LogP contribution >= 0.6 is 11.3 Å². The first-order valence-electron chi connectivity index (χ1n) is 4.71. The Hall–Kier alpha value is -1.75. The number of hydrogen-bond acceptors (Lipinski definition) is 4. The maximum atomic E-state index is 10.8. The Morgan fingerprint density at radius 1 is 1.38 bits per heavy atom. The van der Waals surface area contributed by atoms with Crippen LogP contribution in [0.4, 0.5) is 0 Å². The van der Waals surface area contributed by atoms with E-state index < -0.39 is 5.97 Å². The average Bonchev–Trinajstić information content (AvgIpc) is 2.61. The van der Waals surface area contributed by atoms with Gasteiger partial charge in [0.05, 0.1) is 0 Å². The Balaban J connectivity index is 2.45. The average molecular weight is 234 g/mol. The maximum absolute atomic E-state index is 10.8. The van der Waals surface area contributed by atoms with Gasteiger partial charge in [0.25, 0.3) is 0 Å². The van der Waals surface area contributed by atoms with Crippen LogP contribution in [0.5, 0.6) is 0 Å². The number of carboxylic acids is 1. The van der Waals surface area contributed by atoms with Crippen LogP contribution in [-0.4, -0.2) is 21.0 Å². The molecule has 0 fully saturated rings. The van der Waals surface area contributed by atoms with Crippen LogP contribution in [0.15, 0.2) is 18.3 Å². The predicted molar refractivity (Wildman–Crippen MR) is 61.8 cm³/mol. The molecule has 2 aromatic heterocycles. The lowest BCUT2D eigenvalue weighted by Crippen LogP contribution is -1.98. The lowest BCUT2D eigenvalue weighted by atomic mass is 10.2. The molecule has 0 aromatic carbocycles. The van der Waals surface area contributed by atoms with Gasteiger partial charge in [0.2, 0.25) is 0 Å². The largest absolute Gasteiger partial charge is 0.476 e. The van der Waals surface area contributed by atoms with Crippen molar-refractivity contribution in [2.24, 2.45) is 0 Å². The summed E-state index contributed by atoms with van der Waals surface area (Å²) in [6.07, 6.45) is 1.71.